The molecule has 0 atom stereocenters. The van der Waals surface area contributed by atoms with Crippen LogP contribution in [0.1, 0.15) is 32.0 Å². The lowest BCUT2D eigenvalue weighted by atomic mass is 10.0. The number of carbonyl (C=O) groups is 2. The van der Waals surface area contributed by atoms with Crippen molar-refractivity contribution in [2.45, 2.75) is 19.7 Å². The van der Waals surface area contributed by atoms with Gasteiger partial charge in [0.2, 0.25) is 0 Å². The van der Waals surface area contributed by atoms with Crippen LogP contribution in [0.5, 0.6) is 0 Å². The second-order valence-corrected chi connectivity index (χ2v) is 8.49. The zero-order chi connectivity index (χ0) is 25.4. The Morgan fingerprint density at radius 2 is 2.00 bits per heavy atom. The molecule has 36 heavy (non-hydrogen) atoms. The van der Waals surface area contributed by atoms with Gasteiger partial charge in [-0.1, -0.05) is 6.07 Å². The van der Waals surface area contributed by atoms with Crippen molar-refractivity contribution in [1.82, 2.24) is 24.2 Å². The van der Waals surface area contributed by atoms with Gasteiger partial charge in [0.1, 0.15) is 23.1 Å². The highest BCUT2D eigenvalue weighted by molar-refractivity contribution is 5.99. The molecule has 0 unspecified atom stereocenters. The number of aliphatic hydroxyl groups is 1. The summed E-state index contributed by atoms with van der Waals surface area (Å²) in [6.07, 6.45) is 4.66. The molecule has 3 N–H and O–H groups in total. The van der Waals surface area contributed by atoms with Gasteiger partial charge in [0.15, 0.2) is 0 Å². The Kier molecular flexibility index (Phi) is 5.98. The van der Waals surface area contributed by atoms with Crippen LogP contribution in [0, 0.1) is 5.82 Å². The third-order valence-corrected chi connectivity index (χ3v) is 6.24. The van der Waals surface area contributed by atoms with Crippen LogP contribution in [-0.4, -0.2) is 52.9 Å². The highest BCUT2D eigenvalue weighted by Crippen LogP contribution is 2.31. The number of rotatable bonds is 7. The molecule has 184 valence electrons. The lowest BCUT2D eigenvalue weighted by molar-refractivity contribution is 0.0684. The Morgan fingerprint density at radius 3 is 2.72 bits per heavy atom. The fourth-order valence-corrected chi connectivity index (χ4v) is 4.33. The van der Waals surface area contributed by atoms with Crippen LogP contribution in [0.3, 0.4) is 0 Å². The molecular weight excluding hydrogens is 467 g/mol. The zero-order valence-corrected chi connectivity index (χ0v) is 19.3. The van der Waals surface area contributed by atoms with Crippen molar-refractivity contribution in [1.29, 1.82) is 0 Å². The number of aliphatic hydroxyl groups excluding tert-OH is 1. The smallest absolute Gasteiger partial charge is 0.337 e. The Labute approximate surface area is 205 Å². The monoisotopic (exact) mass is 490 g/mol. The van der Waals surface area contributed by atoms with Crippen LogP contribution in [0.25, 0.3) is 11.1 Å². The average Bonchev–Trinajstić information content (AvgIpc) is 3.47. The van der Waals surface area contributed by atoms with Crippen molar-refractivity contribution in [3.05, 3.63) is 83.2 Å². The summed E-state index contributed by atoms with van der Waals surface area (Å²) in [5.41, 5.74) is 2.48. The maximum atomic E-state index is 13.8. The minimum atomic E-state index is -1.13. The Balaban J connectivity index is 1.46. The molecule has 0 radical (unpaired) electrons. The molecule has 1 aliphatic rings. The molecule has 1 aromatic carbocycles. The molecule has 0 saturated heterocycles. The lowest BCUT2D eigenvalue weighted by Crippen LogP contribution is -2.39. The van der Waals surface area contributed by atoms with Gasteiger partial charge in [-0.15, -0.1) is 0 Å². The van der Waals surface area contributed by atoms with Gasteiger partial charge in [0.05, 0.1) is 18.4 Å². The summed E-state index contributed by atoms with van der Waals surface area (Å²) in [6.45, 7) is 0.768. The SMILES string of the molecule is Cn1nccc1Nc1cc(-c2cc3n(c2)CCN(Cc2cc(F)ccc2CO)C3=O)c(C(=O)O)cn1. The largest absolute Gasteiger partial charge is 0.478 e. The quantitative estimate of drug-likeness (QED) is 0.364. The van der Waals surface area contributed by atoms with Crippen LogP contribution < -0.4 is 5.32 Å². The van der Waals surface area contributed by atoms with E-state index in [4.69, 9.17) is 0 Å². The maximum Gasteiger partial charge on any atom is 0.337 e. The summed E-state index contributed by atoms with van der Waals surface area (Å²) < 4.78 is 17.2. The number of hydrogen-bond donors (Lipinski definition) is 3. The summed E-state index contributed by atoms with van der Waals surface area (Å²) in [4.78, 5) is 31.0. The number of fused-ring (bicyclic) bond motifs is 1. The fourth-order valence-electron chi connectivity index (χ4n) is 4.33. The first-order valence-electron chi connectivity index (χ1n) is 11.2. The highest BCUT2D eigenvalue weighted by atomic mass is 19.1. The normalized spacial score (nSPS) is 13.1. The molecule has 0 saturated carbocycles. The summed E-state index contributed by atoms with van der Waals surface area (Å²) >= 11 is 0. The van der Waals surface area contributed by atoms with E-state index in [1.54, 1.807) is 51.8 Å². The van der Waals surface area contributed by atoms with Crippen molar-refractivity contribution in [2.24, 2.45) is 7.05 Å². The molecule has 0 bridgehead atoms. The Hall–Kier alpha value is -4.51. The number of carbonyl (C=O) groups excluding carboxylic acids is 1. The molecule has 4 heterocycles. The van der Waals surface area contributed by atoms with E-state index >= 15 is 0 Å². The number of halogens is 1. The van der Waals surface area contributed by atoms with E-state index in [0.717, 1.165) is 0 Å². The molecule has 5 rings (SSSR count). The van der Waals surface area contributed by atoms with Gasteiger partial charge in [-0.2, -0.15) is 5.10 Å². The number of carboxylic acid groups (broad SMARTS) is 1. The van der Waals surface area contributed by atoms with Crippen LogP contribution in [0.15, 0.2) is 55.0 Å². The Morgan fingerprint density at radius 1 is 1.17 bits per heavy atom. The predicted octanol–water partition coefficient (Wildman–Crippen LogP) is 3.01. The van der Waals surface area contributed by atoms with Gasteiger partial charge >= 0.3 is 5.97 Å². The highest BCUT2D eigenvalue weighted by Gasteiger charge is 2.27. The zero-order valence-electron chi connectivity index (χ0n) is 19.3. The van der Waals surface area contributed by atoms with Gasteiger partial charge in [-0.05, 0) is 35.4 Å². The summed E-state index contributed by atoms with van der Waals surface area (Å²) in [5, 5.41) is 26.5. The lowest BCUT2D eigenvalue weighted by Gasteiger charge is -2.29. The first kappa shape index (κ1) is 23.2. The standard InChI is InChI=1S/C25H23FN6O4/c1-30-23(4-5-28-30)29-22-10-19(20(11-27-22)25(35)36)17-9-21-24(34)32(7-6-31(21)13-17)12-16-8-18(26)3-2-15(16)14-33/h2-5,8-11,13,33H,6-7,12,14H2,1H3,(H,27,29)(H,35,36). The molecule has 0 fully saturated rings. The number of hydrogen-bond acceptors (Lipinski definition) is 6. The minimum absolute atomic E-state index is 0.00477. The van der Waals surface area contributed by atoms with Crippen LogP contribution in [0.4, 0.5) is 16.0 Å². The molecular formula is C25H23FN6O4. The predicted molar refractivity (Wildman–Crippen MR) is 128 cm³/mol. The number of benzene rings is 1. The molecule has 1 amide bonds. The van der Waals surface area contributed by atoms with Crippen molar-refractivity contribution in [3.8, 4) is 11.1 Å². The van der Waals surface area contributed by atoms with Gasteiger partial charge in [0.25, 0.3) is 5.91 Å². The first-order valence-corrected chi connectivity index (χ1v) is 11.2. The van der Waals surface area contributed by atoms with Gasteiger partial charge in [0, 0.05) is 56.3 Å². The van der Waals surface area contributed by atoms with E-state index < -0.39 is 11.8 Å². The van der Waals surface area contributed by atoms with Crippen molar-refractivity contribution < 1.29 is 24.2 Å². The number of nitrogens with one attached hydrogen (secondary N) is 1. The second-order valence-electron chi connectivity index (χ2n) is 8.49. The maximum absolute atomic E-state index is 13.8. The van der Waals surface area contributed by atoms with E-state index in [0.29, 0.717) is 52.7 Å². The Bertz CT molecular complexity index is 1480. The molecule has 0 aliphatic carbocycles. The molecule has 11 heteroatoms. The van der Waals surface area contributed by atoms with E-state index in [2.05, 4.69) is 15.4 Å². The molecule has 3 aromatic heterocycles. The van der Waals surface area contributed by atoms with Crippen molar-refractivity contribution in [3.63, 3.8) is 0 Å². The third kappa shape index (κ3) is 4.31. The van der Waals surface area contributed by atoms with E-state index in [1.165, 1.54) is 24.4 Å². The summed E-state index contributed by atoms with van der Waals surface area (Å²) in [7, 11) is 1.77. The van der Waals surface area contributed by atoms with Gasteiger partial charge < -0.3 is 25.0 Å². The molecule has 10 nitrogen and oxygen atoms in total. The van der Waals surface area contributed by atoms with Crippen molar-refractivity contribution >= 4 is 23.5 Å². The van der Waals surface area contributed by atoms with Gasteiger partial charge in [-0.3, -0.25) is 9.48 Å². The average molecular weight is 490 g/mol. The third-order valence-electron chi connectivity index (χ3n) is 6.24. The summed E-state index contributed by atoms with van der Waals surface area (Å²) in [5.74, 6) is -0.729. The first-order chi connectivity index (χ1) is 17.3. The number of aryl methyl sites for hydroxylation is 1. The topological polar surface area (TPSA) is 126 Å². The molecule has 4 aromatic rings. The molecule has 1 aliphatic heterocycles. The van der Waals surface area contributed by atoms with E-state index in [1.807, 2.05) is 0 Å². The number of amides is 1. The van der Waals surface area contributed by atoms with Crippen LogP contribution in [-0.2, 0) is 26.7 Å². The second kappa shape index (κ2) is 9.27. The number of aromatic nitrogens is 4. The fraction of sp³-hybridized carbons (Fsp3) is 0.200. The number of carboxylic acids is 1. The number of anilines is 2. The number of nitrogens with zero attached hydrogens (tertiary/aromatic N) is 5. The van der Waals surface area contributed by atoms with E-state index in [-0.39, 0.29) is 24.6 Å². The molecule has 0 spiro atoms. The summed E-state index contributed by atoms with van der Waals surface area (Å²) in [6, 6.07) is 9.15. The minimum Gasteiger partial charge on any atom is -0.478 e. The number of aromatic carboxylic acids is 1. The van der Waals surface area contributed by atoms with E-state index in [9.17, 15) is 24.2 Å². The van der Waals surface area contributed by atoms with Gasteiger partial charge in [-0.25, -0.2) is 14.2 Å². The number of pyridine rings is 1. The van der Waals surface area contributed by atoms with Crippen molar-refractivity contribution in [2.75, 3.05) is 11.9 Å². The van der Waals surface area contributed by atoms with Crippen LogP contribution >= 0.6 is 0 Å². The van der Waals surface area contributed by atoms with Crippen LogP contribution in [0.2, 0.25) is 0 Å².